The van der Waals surface area contributed by atoms with Crippen LogP contribution in [0, 0.1) is 5.82 Å². The monoisotopic (exact) mass is 389 g/mol. The molecule has 1 aromatic heterocycles. The number of carbonyl (C=O) groups excluding carboxylic acids is 3. The first-order chi connectivity index (χ1) is 13.5. The molecule has 148 valence electrons. The van der Waals surface area contributed by atoms with Gasteiger partial charge in [-0.2, -0.15) is 0 Å². The van der Waals surface area contributed by atoms with Crippen LogP contribution in [0.4, 0.5) is 10.1 Å². The zero-order valence-corrected chi connectivity index (χ0v) is 15.2. The highest BCUT2D eigenvalue weighted by atomic mass is 19.1. The molecule has 0 atom stereocenters. The van der Waals surface area contributed by atoms with Crippen molar-refractivity contribution in [1.29, 1.82) is 0 Å². The van der Waals surface area contributed by atoms with Gasteiger partial charge in [-0.25, -0.2) is 4.39 Å². The van der Waals surface area contributed by atoms with Gasteiger partial charge in [0, 0.05) is 5.69 Å². The molecular formula is C19H22FN4O4+. The molecular weight excluding hydrogens is 367 g/mol. The Morgan fingerprint density at radius 2 is 1.93 bits per heavy atom. The number of rotatable bonds is 6. The lowest BCUT2D eigenvalue weighted by atomic mass is 10.3. The molecule has 3 N–H and O–H groups in total. The highest BCUT2D eigenvalue weighted by Crippen LogP contribution is 2.08. The first-order valence-electron chi connectivity index (χ1n) is 9.00. The van der Waals surface area contributed by atoms with E-state index in [1.165, 1.54) is 30.5 Å². The van der Waals surface area contributed by atoms with Crippen LogP contribution in [0.2, 0.25) is 0 Å². The minimum Gasteiger partial charge on any atom is -0.459 e. The van der Waals surface area contributed by atoms with Crippen LogP contribution in [-0.2, 0) is 9.59 Å². The molecule has 0 aliphatic carbocycles. The fraction of sp³-hybridized carbons (Fsp3) is 0.316. The van der Waals surface area contributed by atoms with E-state index in [9.17, 15) is 18.8 Å². The summed E-state index contributed by atoms with van der Waals surface area (Å²) in [5, 5.41) is 5.21. The van der Waals surface area contributed by atoms with Crippen molar-refractivity contribution >= 4 is 23.4 Å². The number of amides is 3. The number of nitrogens with zero attached hydrogens (tertiary/aromatic N) is 1. The van der Waals surface area contributed by atoms with Crippen molar-refractivity contribution in [2.24, 2.45) is 0 Å². The number of quaternary nitrogens is 1. The van der Waals surface area contributed by atoms with Crippen molar-refractivity contribution in [2.45, 2.75) is 0 Å². The molecule has 1 aromatic carbocycles. The van der Waals surface area contributed by atoms with Gasteiger partial charge < -0.3 is 24.9 Å². The number of anilines is 1. The van der Waals surface area contributed by atoms with Crippen LogP contribution in [0.15, 0.2) is 47.1 Å². The van der Waals surface area contributed by atoms with E-state index in [1.54, 1.807) is 17.0 Å². The number of hydrogen-bond donors (Lipinski definition) is 3. The molecule has 0 bridgehead atoms. The highest BCUT2D eigenvalue weighted by molar-refractivity contribution is 5.94. The first-order valence-corrected chi connectivity index (χ1v) is 9.00. The van der Waals surface area contributed by atoms with Gasteiger partial charge in [0.05, 0.1) is 39.0 Å². The van der Waals surface area contributed by atoms with Gasteiger partial charge >= 0.3 is 0 Å². The maximum Gasteiger partial charge on any atom is 0.287 e. The van der Waals surface area contributed by atoms with E-state index >= 15 is 0 Å². The first kappa shape index (κ1) is 19.6. The third-order valence-electron chi connectivity index (χ3n) is 4.49. The van der Waals surface area contributed by atoms with Gasteiger partial charge in [0.2, 0.25) is 5.91 Å². The molecule has 0 unspecified atom stereocenters. The van der Waals surface area contributed by atoms with Crippen molar-refractivity contribution in [2.75, 3.05) is 44.6 Å². The second-order valence-corrected chi connectivity index (χ2v) is 6.53. The predicted molar refractivity (Wildman–Crippen MR) is 98.2 cm³/mol. The Kier molecular flexibility index (Phi) is 6.38. The van der Waals surface area contributed by atoms with Crippen LogP contribution >= 0.6 is 0 Å². The Labute approximate surface area is 161 Å². The van der Waals surface area contributed by atoms with Crippen LogP contribution < -0.4 is 15.5 Å². The molecule has 0 radical (unpaired) electrons. The quantitative estimate of drug-likeness (QED) is 0.622. The maximum absolute atomic E-state index is 13.2. The molecule has 0 spiro atoms. The van der Waals surface area contributed by atoms with Crippen LogP contribution in [0.1, 0.15) is 10.6 Å². The SMILES string of the molecule is O=C(C[NH+]1CCN(C(=O)CNC(=O)c2ccco2)CC1)Nc1cccc(F)c1. The fourth-order valence-electron chi connectivity index (χ4n) is 3.01. The molecule has 28 heavy (non-hydrogen) atoms. The summed E-state index contributed by atoms with van der Waals surface area (Å²) in [4.78, 5) is 38.8. The number of furan rings is 1. The molecule has 1 saturated heterocycles. The number of piperazine rings is 1. The molecule has 8 nitrogen and oxygen atoms in total. The highest BCUT2D eigenvalue weighted by Gasteiger charge is 2.25. The molecule has 1 aliphatic heterocycles. The van der Waals surface area contributed by atoms with Gasteiger partial charge in [-0.3, -0.25) is 14.4 Å². The van der Waals surface area contributed by atoms with E-state index in [-0.39, 0.29) is 30.7 Å². The third kappa shape index (κ3) is 5.40. The molecule has 9 heteroatoms. The van der Waals surface area contributed by atoms with Gasteiger partial charge in [0.25, 0.3) is 11.8 Å². The summed E-state index contributed by atoms with van der Waals surface area (Å²) in [6.45, 7) is 2.38. The number of carbonyl (C=O) groups is 3. The smallest absolute Gasteiger partial charge is 0.287 e. The van der Waals surface area contributed by atoms with Crippen LogP contribution in [0.3, 0.4) is 0 Å². The average Bonchev–Trinajstić information content (AvgIpc) is 3.21. The van der Waals surface area contributed by atoms with Gasteiger partial charge in [0.1, 0.15) is 5.82 Å². The van der Waals surface area contributed by atoms with Crippen molar-refractivity contribution in [1.82, 2.24) is 10.2 Å². The number of halogens is 1. The Morgan fingerprint density at radius 3 is 2.61 bits per heavy atom. The van der Waals surface area contributed by atoms with Gasteiger partial charge in [-0.1, -0.05) is 6.07 Å². The lowest BCUT2D eigenvalue weighted by Crippen LogP contribution is -3.15. The van der Waals surface area contributed by atoms with E-state index in [2.05, 4.69) is 10.6 Å². The molecule has 2 aromatic rings. The molecule has 3 rings (SSSR count). The third-order valence-corrected chi connectivity index (χ3v) is 4.49. The molecule has 1 fully saturated rings. The molecule has 1 aliphatic rings. The van der Waals surface area contributed by atoms with Gasteiger partial charge in [0.15, 0.2) is 12.3 Å². The zero-order valence-electron chi connectivity index (χ0n) is 15.2. The van der Waals surface area contributed by atoms with E-state index in [0.29, 0.717) is 31.9 Å². The van der Waals surface area contributed by atoms with Crippen molar-refractivity contribution in [3.8, 4) is 0 Å². The second kappa shape index (κ2) is 9.14. The topological polar surface area (TPSA) is 96.1 Å². The standard InChI is InChI=1S/C19H21FN4O4/c20-14-3-1-4-15(11-14)22-17(25)13-23-6-8-24(9-7-23)18(26)12-21-19(27)16-5-2-10-28-16/h1-5,10-11H,6-9,12-13H2,(H,21,27)(H,22,25)/p+1. The second-order valence-electron chi connectivity index (χ2n) is 6.53. The number of nitrogens with one attached hydrogen (secondary N) is 3. The van der Waals surface area contributed by atoms with Crippen molar-refractivity contribution in [3.05, 3.63) is 54.2 Å². The molecule has 2 heterocycles. The Hall–Kier alpha value is -3.20. The van der Waals surface area contributed by atoms with E-state index in [0.717, 1.165) is 4.90 Å². The van der Waals surface area contributed by atoms with Crippen LogP contribution in [0.25, 0.3) is 0 Å². The van der Waals surface area contributed by atoms with Crippen molar-refractivity contribution in [3.63, 3.8) is 0 Å². The van der Waals surface area contributed by atoms with Crippen molar-refractivity contribution < 1.29 is 28.1 Å². The zero-order chi connectivity index (χ0) is 19.9. The fourth-order valence-corrected chi connectivity index (χ4v) is 3.01. The Morgan fingerprint density at radius 1 is 1.14 bits per heavy atom. The summed E-state index contributed by atoms with van der Waals surface area (Å²) < 4.78 is 18.1. The summed E-state index contributed by atoms with van der Waals surface area (Å²) in [7, 11) is 0. The number of hydrogen-bond acceptors (Lipinski definition) is 4. The van der Waals surface area contributed by atoms with E-state index < -0.39 is 11.7 Å². The largest absolute Gasteiger partial charge is 0.459 e. The van der Waals surface area contributed by atoms with Crippen LogP contribution in [0.5, 0.6) is 0 Å². The average molecular weight is 389 g/mol. The van der Waals surface area contributed by atoms with E-state index in [1.807, 2.05) is 0 Å². The van der Waals surface area contributed by atoms with Gasteiger partial charge in [-0.05, 0) is 30.3 Å². The Balaban J connectivity index is 1.38. The lowest BCUT2D eigenvalue weighted by Gasteiger charge is -2.31. The number of benzene rings is 1. The normalized spacial score (nSPS) is 14.5. The maximum atomic E-state index is 13.2. The predicted octanol–water partition coefficient (Wildman–Crippen LogP) is -0.486. The molecule has 0 saturated carbocycles. The molecule has 3 amide bonds. The van der Waals surface area contributed by atoms with E-state index in [4.69, 9.17) is 4.42 Å². The minimum absolute atomic E-state index is 0.102. The lowest BCUT2D eigenvalue weighted by molar-refractivity contribution is -0.895. The minimum atomic E-state index is -0.434. The summed E-state index contributed by atoms with van der Waals surface area (Å²) in [5.74, 6) is -1.06. The summed E-state index contributed by atoms with van der Waals surface area (Å²) in [5.41, 5.74) is 0.422. The summed E-state index contributed by atoms with van der Waals surface area (Å²) in [6, 6.07) is 8.87. The van der Waals surface area contributed by atoms with Crippen LogP contribution in [-0.4, -0.2) is 61.9 Å². The Bertz CT molecular complexity index is 832. The van der Waals surface area contributed by atoms with Gasteiger partial charge in [-0.15, -0.1) is 0 Å². The summed E-state index contributed by atoms with van der Waals surface area (Å²) in [6.07, 6.45) is 1.39. The summed E-state index contributed by atoms with van der Waals surface area (Å²) >= 11 is 0.